The molecule has 0 bridgehead atoms. The Kier molecular flexibility index (Phi) is 4.24. The van der Waals surface area contributed by atoms with Crippen molar-refractivity contribution in [1.82, 2.24) is 0 Å². The van der Waals surface area contributed by atoms with Crippen molar-refractivity contribution in [2.45, 2.75) is 65.1 Å². The number of esters is 1. The van der Waals surface area contributed by atoms with E-state index >= 15 is 0 Å². The van der Waals surface area contributed by atoms with Crippen molar-refractivity contribution >= 4 is 13.1 Å². The molecule has 0 aromatic carbocycles. The Labute approximate surface area is 126 Å². The zero-order chi connectivity index (χ0) is 15.9. The van der Waals surface area contributed by atoms with E-state index in [1.165, 1.54) is 6.08 Å². The van der Waals surface area contributed by atoms with Crippen LogP contribution in [0.4, 0.5) is 4.39 Å². The molecule has 0 unspecified atom stereocenters. The minimum absolute atomic E-state index is 0.298. The lowest BCUT2D eigenvalue weighted by molar-refractivity contribution is -0.156. The molecule has 1 saturated carbocycles. The molecule has 0 spiro atoms. The van der Waals surface area contributed by atoms with Crippen LogP contribution in [0, 0.1) is 5.41 Å². The number of halogens is 1. The molecule has 0 amide bonds. The monoisotopic (exact) mass is 298 g/mol. The molecule has 1 saturated heterocycles. The summed E-state index contributed by atoms with van der Waals surface area (Å²) in [4.78, 5) is 12.0. The summed E-state index contributed by atoms with van der Waals surface area (Å²) in [6.07, 6.45) is 3.46. The van der Waals surface area contributed by atoms with Crippen LogP contribution in [0.1, 0.15) is 53.9 Å². The molecule has 21 heavy (non-hydrogen) atoms. The van der Waals surface area contributed by atoms with Crippen LogP contribution in [-0.2, 0) is 18.8 Å². The van der Waals surface area contributed by atoms with Gasteiger partial charge in [0.05, 0.1) is 23.2 Å². The summed E-state index contributed by atoms with van der Waals surface area (Å²) in [5.41, 5.74) is -2.58. The normalized spacial score (nSPS) is 26.4. The minimum atomic E-state index is -1.05. The number of hydrogen-bond donors (Lipinski definition) is 0. The highest BCUT2D eigenvalue weighted by molar-refractivity contribution is 6.53. The first-order chi connectivity index (χ1) is 9.63. The molecule has 0 atom stereocenters. The number of ether oxygens (including phenoxy) is 1. The Bertz CT molecular complexity index is 439. The van der Waals surface area contributed by atoms with Crippen LogP contribution < -0.4 is 0 Å². The van der Waals surface area contributed by atoms with Gasteiger partial charge >= 0.3 is 13.1 Å². The van der Waals surface area contributed by atoms with Gasteiger partial charge in [0.2, 0.25) is 0 Å². The molecule has 1 heterocycles. The van der Waals surface area contributed by atoms with Crippen LogP contribution in [0.25, 0.3) is 0 Å². The summed E-state index contributed by atoms with van der Waals surface area (Å²) in [7, 11) is -1.05. The van der Waals surface area contributed by atoms with Gasteiger partial charge in [-0.25, -0.2) is 4.39 Å². The summed E-state index contributed by atoms with van der Waals surface area (Å²) in [6, 6.07) is 0. The largest absolute Gasteiger partial charge is 0.524 e. The van der Waals surface area contributed by atoms with Crippen molar-refractivity contribution in [3.05, 3.63) is 11.8 Å². The van der Waals surface area contributed by atoms with Gasteiger partial charge in [-0.3, -0.25) is 4.79 Å². The smallest absolute Gasteiger partial charge is 0.465 e. The molecule has 1 aliphatic heterocycles. The Balaban J connectivity index is 2.16. The van der Waals surface area contributed by atoms with Crippen LogP contribution in [0.5, 0.6) is 0 Å². The van der Waals surface area contributed by atoms with E-state index in [0.717, 1.165) is 6.42 Å². The second-order valence-electron chi connectivity index (χ2n) is 6.85. The van der Waals surface area contributed by atoms with Gasteiger partial charge in [-0.15, -0.1) is 0 Å². The predicted octanol–water partition coefficient (Wildman–Crippen LogP) is 3.20. The Morgan fingerprint density at radius 1 is 1.24 bits per heavy atom. The molecule has 2 aliphatic rings. The van der Waals surface area contributed by atoms with Crippen molar-refractivity contribution in [1.29, 1.82) is 0 Å². The van der Waals surface area contributed by atoms with Crippen molar-refractivity contribution in [2.75, 3.05) is 6.61 Å². The van der Waals surface area contributed by atoms with E-state index in [-0.39, 0.29) is 5.97 Å². The Morgan fingerprint density at radius 3 is 2.14 bits per heavy atom. The van der Waals surface area contributed by atoms with Crippen LogP contribution in [0.15, 0.2) is 11.8 Å². The third-order valence-electron chi connectivity index (χ3n) is 4.82. The Morgan fingerprint density at radius 2 is 1.76 bits per heavy atom. The zero-order valence-electron chi connectivity index (χ0n) is 13.5. The standard InChI is InChI=1S/C15H24BFO4/c1-6-19-12(18)15(8-7-9-15)10-11(17)16-20-13(2,3)14(4,5)21-16/h10H,6-9H2,1-5H3. The number of carbonyl (C=O) groups is 1. The highest BCUT2D eigenvalue weighted by Gasteiger charge is 2.54. The quantitative estimate of drug-likeness (QED) is 0.590. The molecular formula is C15H24BFO4. The van der Waals surface area contributed by atoms with E-state index in [4.69, 9.17) is 14.0 Å². The highest BCUT2D eigenvalue weighted by atomic mass is 19.1. The third-order valence-corrected chi connectivity index (χ3v) is 4.82. The minimum Gasteiger partial charge on any atom is -0.465 e. The molecule has 4 nitrogen and oxygen atoms in total. The molecule has 0 radical (unpaired) electrons. The molecule has 0 aromatic heterocycles. The summed E-state index contributed by atoms with van der Waals surface area (Å²) < 4.78 is 30.9. The molecule has 1 aliphatic carbocycles. The lowest BCUT2D eigenvalue weighted by Gasteiger charge is -2.36. The third kappa shape index (κ3) is 2.88. The number of rotatable bonds is 4. The highest BCUT2D eigenvalue weighted by Crippen LogP contribution is 2.46. The first-order valence-corrected chi connectivity index (χ1v) is 7.55. The fourth-order valence-corrected chi connectivity index (χ4v) is 2.53. The van der Waals surface area contributed by atoms with Gasteiger partial charge in [-0.05, 0) is 53.5 Å². The fourth-order valence-electron chi connectivity index (χ4n) is 2.53. The zero-order valence-corrected chi connectivity index (χ0v) is 13.5. The van der Waals surface area contributed by atoms with Crippen LogP contribution >= 0.6 is 0 Å². The number of hydrogen-bond acceptors (Lipinski definition) is 4. The van der Waals surface area contributed by atoms with Gasteiger partial charge in [0.25, 0.3) is 0 Å². The first kappa shape index (κ1) is 16.5. The maximum atomic E-state index is 14.5. The van der Waals surface area contributed by atoms with Crippen LogP contribution in [0.3, 0.4) is 0 Å². The SMILES string of the molecule is CCOC(=O)C1(C=C(F)B2OC(C)(C)C(C)(C)O2)CCC1. The average molecular weight is 298 g/mol. The predicted molar refractivity (Wildman–Crippen MR) is 78.2 cm³/mol. The summed E-state index contributed by atoms with van der Waals surface area (Å²) in [5, 5.41) is 0. The summed E-state index contributed by atoms with van der Waals surface area (Å²) in [5.74, 6) is -0.358. The van der Waals surface area contributed by atoms with Crippen molar-refractivity contribution in [2.24, 2.45) is 5.41 Å². The number of carbonyl (C=O) groups excluding carboxylic acids is 1. The van der Waals surface area contributed by atoms with Gasteiger partial charge in [0, 0.05) is 0 Å². The Hall–Kier alpha value is -0.875. The van der Waals surface area contributed by atoms with Crippen molar-refractivity contribution < 1.29 is 23.2 Å². The van der Waals surface area contributed by atoms with Gasteiger partial charge in [0.15, 0.2) is 0 Å². The molecule has 0 aromatic rings. The maximum Gasteiger partial charge on any atom is 0.524 e. The van der Waals surface area contributed by atoms with Crippen LogP contribution in [0.2, 0.25) is 0 Å². The van der Waals surface area contributed by atoms with E-state index < -0.39 is 29.5 Å². The lowest BCUT2D eigenvalue weighted by atomic mass is 9.66. The van der Waals surface area contributed by atoms with E-state index in [9.17, 15) is 9.18 Å². The molecule has 2 fully saturated rings. The van der Waals surface area contributed by atoms with E-state index in [1.54, 1.807) is 6.92 Å². The molecule has 2 rings (SSSR count). The maximum absolute atomic E-state index is 14.5. The van der Waals surface area contributed by atoms with Gasteiger partial charge in [-0.2, -0.15) is 0 Å². The van der Waals surface area contributed by atoms with Gasteiger partial charge in [-0.1, -0.05) is 6.42 Å². The summed E-state index contributed by atoms with van der Waals surface area (Å²) >= 11 is 0. The van der Waals surface area contributed by atoms with E-state index in [1.807, 2.05) is 27.7 Å². The second-order valence-corrected chi connectivity index (χ2v) is 6.85. The van der Waals surface area contributed by atoms with E-state index in [0.29, 0.717) is 19.4 Å². The first-order valence-electron chi connectivity index (χ1n) is 7.55. The molecule has 6 heteroatoms. The van der Waals surface area contributed by atoms with Crippen molar-refractivity contribution in [3.8, 4) is 0 Å². The van der Waals surface area contributed by atoms with Gasteiger partial charge in [0.1, 0.15) is 5.73 Å². The molecule has 0 N–H and O–H groups in total. The molecular weight excluding hydrogens is 274 g/mol. The fraction of sp³-hybridized carbons (Fsp3) is 0.800. The van der Waals surface area contributed by atoms with Crippen LogP contribution in [-0.4, -0.2) is 30.9 Å². The second kappa shape index (κ2) is 5.40. The average Bonchev–Trinajstić information content (AvgIpc) is 2.53. The summed E-state index contributed by atoms with van der Waals surface area (Å²) in [6.45, 7) is 9.51. The topological polar surface area (TPSA) is 44.8 Å². The lowest BCUT2D eigenvalue weighted by Crippen LogP contribution is -2.41. The molecule has 118 valence electrons. The van der Waals surface area contributed by atoms with Gasteiger partial charge < -0.3 is 14.0 Å². The van der Waals surface area contributed by atoms with E-state index in [2.05, 4.69) is 0 Å². The van der Waals surface area contributed by atoms with Crippen molar-refractivity contribution in [3.63, 3.8) is 0 Å².